The van der Waals surface area contributed by atoms with E-state index in [-0.39, 0.29) is 24.6 Å². The van der Waals surface area contributed by atoms with Gasteiger partial charge in [0, 0.05) is 34.8 Å². The molecule has 2 heterocycles. The van der Waals surface area contributed by atoms with Gasteiger partial charge in [0.2, 0.25) is 35.0 Å². The van der Waals surface area contributed by atoms with Gasteiger partial charge >= 0.3 is 0 Å². The molecule has 2 aliphatic rings. The van der Waals surface area contributed by atoms with Crippen LogP contribution in [0.1, 0.15) is 84.5 Å². The number of benzene rings is 4. The largest absolute Gasteiger partial charge is 0.495 e. The van der Waals surface area contributed by atoms with Gasteiger partial charge in [0.15, 0.2) is 0 Å². The predicted molar refractivity (Wildman–Crippen MR) is 287 cm³/mol. The van der Waals surface area contributed by atoms with Crippen molar-refractivity contribution >= 4 is 110 Å². The van der Waals surface area contributed by atoms with E-state index >= 15 is 0 Å². The zero-order chi connectivity index (χ0) is 49.1. The van der Waals surface area contributed by atoms with Crippen LogP contribution in [0.5, 0.6) is 23.0 Å². The number of nitrogens with one attached hydrogen (secondary N) is 5. The van der Waals surface area contributed by atoms with Gasteiger partial charge in [-0.3, -0.25) is 0 Å². The van der Waals surface area contributed by atoms with Crippen molar-refractivity contribution in [3.63, 3.8) is 0 Å². The molecule has 4 aromatic carbocycles. The summed E-state index contributed by atoms with van der Waals surface area (Å²) in [5.41, 5.74) is 8.54. The van der Waals surface area contributed by atoms with Crippen molar-refractivity contribution in [3.8, 4) is 23.0 Å². The number of hydrogen-bond acceptors (Lipinski definition) is 16. The molecule has 8 rings (SSSR count). The lowest BCUT2D eigenvalue weighted by Crippen LogP contribution is -2.21. The highest BCUT2D eigenvalue weighted by atomic mass is 35.5. The molecule has 0 saturated heterocycles. The van der Waals surface area contributed by atoms with E-state index in [4.69, 9.17) is 82.7 Å². The number of nitrogens with zero attached hydrogens (tertiary/aromatic N) is 6. The Kier molecular flexibility index (Phi) is 22.5. The molecule has 6 aromatic rings. The molecule has 16 nitrogen and oxygen atoms in total. The number of anilines is 9. The Morgan fingerprint density at radius 1 is 0.414 bits per heavy atom. The lowest BCUT2D eigenvalue weighted by Gasteiger charge is -2.17. The molecule has 0 amide bonds. The minimum atomic E-state index is 0. The van der Waals surface area contributed by atoms with Crippen LogP contribution in [0, 0.1) is 0 Å². The second kappa shape index (κ2) is 28.4. The maximum absolute atomic E-state index is 6.28. The third kappa shape index (κ3) is 17.4. The molecule has 70 heavy (non-hydrogen) atoms. The number of methoxy groups -OCH3 is 4. The molecule has 2 aliphatic carbocycles. The highest BCUT2D eigenvalue weighted by Crippen LogP contribution is 2.33. The molecule has 0 radical (unpaired) electrons. The first-order chi connectivity index (χ1) is 33.4. The fraction of sp³-hybridized carbons (Fsp3) is 0.388. The monoisotopic (exact) mass is 1060 g/mol. The van der Waals surface area contributed by atoms with E-state index in [0.29, 0.717) is 84.4 Å². The van der Waals surface area contributed by atoms with Crippen LogP contribution in [0.25, 0.3) is 0 Å². The summed E-state index contributed by atoms with van der Waals surface area (Å²) in [5.74, 6) is 4.09. The Balaban J connectivity index is 0.000000226. The number of hydrogen-bond donors (Lipinski definition) is 6. The number of ether oxygens (including phenoxy) is 4. The summed E-state index contributed by atoms with van der Waals surface area (Å²) in [5, 5.41) is 17.9. The molecule has 2 fully saturated rings. The van der Waals surface area contributed by atoms with E-state index in [1.807, 2.05) is 12.1 Å². The van der Waals surface area contributed by atoms with E-state index in [1.54, 1.807) is 89.1 Å². The van der Waals surface area contributed by atoms with Gasteiger partial charge < -0.3 is 51.3 Å². The predicted octanol–water partition coefficient (Wildman–Crippen LogP) is 14.5. The lowest BCUT2D eigenvalue weighted by molar-refractivity contribution is 0.415. The SMILES string of the molecule is C.COc1ccc(Nc2nc(Cl)nc(Nc3ccc(OC)c(Cl)c3)n2)cc1Cl.COc1ccc(Nc2nc(Nc3ccc(OC)c(Cl)c3)nc(NC3CCCCCC3)n2)cc1Cl.NC1CCCCCC1. The summed E-state index contributed by atoms with van der Waals surface area (Å²) in [6, 6.07) is 22.0. The average Bonchev–Trinajstić information content (AvgIpc) is 3.74. The Labute approximate surface area is 435 Å². The van der Waals surface area contributed by atoms with Crippen LogP contribution < -0.4 is 51.3 Å². The summed E-state index contributed by atoms with van der Waals surface area (Å²) in [4.78, 5) is 26.2. The van der Waals surface area contributed by atoms with E-state index in [9.17, 15) is 0 Å². The van der Waals surface area contributed by atoms with Crippen LogP contribution in [-0.2, 0) is 0 Å². The molecule has 0 unspecified atom stereocenters. The summed E-state index contributed by atoms with van der Waals surface area (Å²) < 4.78 is 20.7. The minimum Gasteiger partial charge on any atom is -0.495 e. The zero-order valence-corrected chi connectivity index (χ0v) is 42.6. The zero-order valence-electron chi connectivity index (χ0n) is 38.9. The first kappa shape index (κ1) is 55.4. The van der Waals surface area contributed by atoms with Crippen LogP contribution in [-0.4, -0.2) is 70.4 Å². The number of rotatable bonds is 14. The maximum atomic E-state index is 6.28. The van der Waals surface area contributed by atoms with Gasteiger partial charge in [-0.1, -0.05) is 105 Å². The van der Waals surface area contributed by atoms with Crippen LogP contribution in [0.2, 0.25) is 25.4 Å². The summed E-state index contributed by atoms with van der Waals surface area (Å²) in [6.07, 6.45) is 15.2. The third-order valence-corrected chi connectivity index (χ3v) is 12.3. The van der Waals surface area contributed by atoms with Gasteiger partial charge in [0.1, 0.15) is 23.0 Å². The van der Waals surface area contributed by atoms with Crippen molar-refractivity contribution in [2.45, 2.75) is 96.6 Å². The van der Waals surface area contributed by atoms with Gasteiger partial charge in [-0.2, -0.15) is 29.9 Å². The van der Waals surface area contributed by atoms with Crippen molar-refractivity contribution in [1.82, 2.24) is 29.9 Å². The second-order valence-corrected chi connectivity index (χ2v) is 18.0. The van der Waals surface area contributed by atoms with Crippen LogP contribution in [0.4, 0.5) is 52.5 Å². The molecule has 7 N–H and O–H groups in total. The summed E-state index contributed by atoms with van der Waals surface area (Å²) in [7, 11) is 6.25. The summed E-state index contributed by atoms with van der Waals surface area (Å²) >= 11 is 30.8. The number of nitrogens with two attached hydrogens (primary N) is 1. The van der Waals surface area contributed by atoms with Crippen molar-refractivity contribution in [2.24, 2.45) is 5.73 Å². The highest BCUT2D eigenvalue weighted by Gasteiger charge is 2.17. The average molecular weight is 1060 g/mol. The molecule has 2 saturated carbocycles. The lowest BCUT2D eigenvalue weighted by atomic mass is 10.1. The van der Waals surface area contributed by atoms with Gasteiger partial charge in [-0.05, 0) is 110 Å². The Hall–Kier alpha value is -5.49. The van der Waals surface area contributed by atoms with Crippen molar-refractivity contribution < 1.29 is 18.9 Å². The van der Waals surface area contributed by atoms with E-state index in [0.717, 1.165) is 24.2 Å². The van der Waals surface area contributed by atoms with E-state index in [1.165, 1.54) is 64.2 Å². The minimum absolute atomic E-state index is 0. The van der Waals surface area contributed by atoms with Crippen molar-refractivity contribution in [2.75, 3.05) is 55.0 Å². The molecule has 0 atom stereocenters. The first-order valence-electron chi connectivity index (χ1n) is 22.5. The second-order valence-electron chi connectivity index (χ2n) is 16.0. The van der Waals surface area contributed by atoms with Crippen molar-refractivity contribution in [3.05, 3.63) is 98.2 Å². The van der Waals surface area contributed by atoms with Crippen molar-refractivity contribution in [1.29, 1.82) is 0 Å². The Morgan fingerprint density at radius 2 is 0.700 bits per heavy atom. The van der Waals surface area contributed by atoms with E-state index < -0.39 is 0 Å². The fourth-order valence-corrected chi connectivity index (χ4v) is 8.62. The molecular weight excluding hydrogens is 998 g/mol. The topological polar surface area (TPSA) is 200 Å². The first-order valence-corrected chi connectivity index (χ1v) is 24.4. The van der Waals surface area contributed by atoms with Crippen LogP contribution in [0.3, 0.4) is 0 Å². The Bertz CT molecular complexity index is 2440. The molecular formula is C49H61Cl5N12O4. The number of halogens is 5. The molecule has 0 spiro atoms. The summed E-state index contributed by atoms with van der Waals surface area (Å²) in [6.45, 7) is 0. The van der Waals surface area contributed by atoms with Gasteiger partial charge in [-0.25, -0.2) is 0 Å². The molecule has 2 aromatic heterocycles. The standard InChI is InChI=1S/C24H28Cl2N6O2.C17H14Cl3N5O2.C7H15N.CH4/c1-33-20-11-9-16(13-18(20)25)28-23-30-22(27-15-7-5-3-4-6-8-15)31-24(32-23)29-17-10-12-21(34-2)19(26)14-17;1-26-13-5-3-9(7-11(13)18)21-16-23-15(20)24-17(25-16)22-10-4-6-14(27-2)12(19)8-10;8-7-5-3-1-2-4-6-7;/h9-15H,3-8H2,1-2H3,(H3,27,28,29,30,31,32);3-8H,1-2H3,(H2,21,22,23,24,25);7H,1-6,8H2;1H4. The fourth-order valence-electron chi connectivity index (χ4n) is 7.42. The van der Waals surface area contributed by atoms with E-state index in [2.05, 4.69) is 56.5 Å². The van der Waals surface area contributed by atoms with Crippen LogP contribution in [0.15, 0.2) is 72.8 Å². The highest BCUT2D eigenvalue weighted by molar-refractivity contribution is 6.33. The maximum Gasteiger partial charge on any atom is 0.233 e. The Morgan fingerprint density at radius 3 is 1.00 bits per heavy atom. The third-order valence-electron chi connectivity index (χ3n) is 11.0. The normalized spacial score (nSPS) is 13.8. The van der Waals surface area contributed by atoms with Gasteiger partial charge in [-0.15, -0.1) is 0 Å². The molecule has 0 bridgehead atoms. The molecule has 21 heteroatoms. The van der Waals surface area contributed by atoms with Gasteiger partial charge in [0.25, 0.3) is 0 Å². The number of aromatic nitrogens is 6. The molecule has 376 valence electrons. The molecule has 0 aliphatic heterocycles. The quantitative estimate of drug-likeness (QED) is 0.0562. The smallest absolute Gasteiger partial charge is 0.233 e. The van der Waals surface area contributed by atoms with Crippen LogP contribution >= 0.6 is 58.0 Å². The van der Waals surface area contributed by atoms with Gasteiger partial charge in [0.05, 0.1) is 48.5 Å².